The van der Waals surface area contributed by atoms with Crippen molar-refractivity contribution >= 4 is 11.3 Å². The van der Waals surface area contributed by atoms with E-state index in [1.807, 2.05) is 11.6 Å². The van der Waals surface area contributed by atoms with Crippen LogP contribution in [0.25, 0.3) is 11.3 Å². The molecule has 1 N–H and O–H groups in total. The van der Waals surface area contributed by atoms with Crippen molar-refractivity contribution in [3.8, 4) is 11.3 Å². The van der Waals surface area contributed by atoms with Gasteiger partial charge in [0.05, 0.1) is 5.69 Å². The number of nitrogens with zero attached hydrogens (tertiary/aromatic N) is 1. The molecule has 1 heterocycles. The number of hydrogen-bond acceptors (Lipinski definition) is 2. The summed E-state index contributed by atoms with van der Waals surface area (Å²) in [4.78, 5) is 2.03. The Kier molecular flexibility index (Phi) is 2.21. The number of rotatable bonds is 0. The molecule has 0 atom stereocenters. The Labute approximate surface area is 98.7 Å². The van der Waals surface area contributed by atoms with E-state index in [1.54, 1.807) is 11.3 Å². The molecule has 1 aromatic carbocycles. The van der Waals surface area contributed by atoms with E-state index in [9.17, 15) is 0 Å². The number of hydrogen-bond donors (Lipinski definition) is 1. The van der Waals surface area contributed by atoms with Gasteiger partial charge < -0.3 is 4.57 Å². The lowest BCUT2D eigenvalue weighted by Crippen LogP contribution is -2.09. The Balaban J connectivity index is 2.36. The van der Waals surface area contributed by atoms with Gasteiger partial charge in [0, 0.05) is 17.5 Å². The summed E-state index contributed by atoms with van der Waals surface area (Å²) >= 11 is 1.62. The van der Waals surface area contributed by atoms with Crippen molar-refractivity contribution in [1.29, 1.82) is 5.41 Å². The maximum absolute atomic E-state index is 7.91. The smallest absolute Gasteiger partial charge is 0.182 e. The third-order valence-corrected chi connectivity index (χ3v) is 4.36. The average molecular weight is 230 g/mol. The first-order chi connectivity index (χ1) is 7.77. The van der Waals surface area contributed by atoms with Gasteiger partial charge >= 0.3 is 0 Å². The lowest BCUT2D eigenvalue weighted by Gasteiger charge is -2.07. The van der Waals surface area contributed by atoms with Gasteiger partial charge in [0.15, 0.2) is 4.80 Å². The molecule has 0 aliphatic heterocycles. The van der Waals surface area contributed by atoms with Crippen LogP contribution < -0.4 is 4.80 Å². The van der Waals surface area contributed by atoms with E-state index >= 15 is 0 Å². The minimum atomic E-state index is 0.654. The van der Waals surface area contributed by atoms with Crippen molar-refractivity contribution in [2.24, 2.45) is 7.05 Å². The molecular formula is C13H14N2S. The third kappa shape index (κ3) is 1.35. The average Bonchev–Trinajstić information content (AvgIpc) is 2.49. The number of aromatic nitrogens is 1. The lowest BCUT2D eigenvalue weighted by atomic mass is 10.0. The summed E-state index contributed by atoms with van der Waals surface area (Å²) in [5.74, 6) is 0. The van der Waals surface area contributed by atoms with E-state index < -0.39 is 0 Å². The first kappa shape index (κ1) is 9.85. The van der Waals surface area contributed by atoms with E-state index in [1.165, 1.54) is 28.1 Å². The second-order valence-electron chi connectivity index (χ2n) is 4.25. The highest BCUT2D eigenvalue weighted by atomic mass is 32.1. The van der Waals surface area contributed by atoms with Gasteiger partial charge in [0.2, 0.25) is 0 Å². The minimum Gasteiger partial charge on any atom is -0.320 e. The highest BCUT2D eigenvalue weighted by molar-refractivity contribution is 7.09. The van der Waals surface area contributed by atoms with Crippen LogP contribution in [0.5, 0.6) is 0 Å². The van der Waals surface area contributed by atoms with Crippen molar-refractivity contribution in [3.63, 3.8) is 0 Å². The second kappa shape index (κ2) is 3.59. The van der Waals surface area contributed by atoms with E-state index in [0.29, 0.717) is 4.80 Å². The van der Waals surface area contributed by atoms with Crippen molar-refractivity contribution in [1.82, 2.24) is 4.57 Å². The summed E-state index contributed by atoms with van der Waals surface area (Å²) in [5.41, 5.74) is 4.02. The van der Waals surface area contributed by atoms with Crippen LogP contribution in [-0.4, -0.2) is 4.57 Å². The molecule has 0 unspecified atom stereocenters. The number of thiazole rings is 1. The third-order valence-electron chi connectivity index (χ3n) is 3.25. The zero-order valence-corrected chi connectivity index (χ0v) is 10.1. The number of aryl methyl sites for hydroxylation is 2. The zero-order valence-electron chi connectivity index (χ0n) is 9.29. The second-order valence-corrected chi connectivity index (χ2v) is 5.33. The van der Waals surface area contributed by atoms with Gasteiger partial charge in [0.1, 0.15) is 0 Å². The van der Waals surface area contributed by atoms with Crippen LogP contribution in [-0.2, 0) is 19.9 Å². The predicted molar refractivity (Wildman–Crippen MR) is 66.6 cm³/mol. The molecule has 3 rings (SSSR count). The van der Waals surface area contributed by atoms with Crippen LogP contribution in [0, 0.1) is 5.41 Å². The molecule has 16 heavy (non-hydrogen) atoms. The summed E-state index contributed by atoms with van der Waals surface area (Å²) in [7, 11) is 2.00. The maximum Gasteiger partial charge on any atom is 0.182 e. The Hall–Kier alpha value is -1.35. The summed E-state index contributed by atoms with van der Waals surface area (Å²) in [5, 5.41) is 7.91. The molecule has 1 aliphatic carbocycles. The molecule has 82 valence electrons. The zero-order chi connectivity index (χ0) is 11.1. The standard InChI is InChI=1S/C13H14N2S/c1-15-12-10-7-3-2-5-9(10)6-4-8-11(12)16-13(15)14/h2-3,5,7,14H,4,6,8H2,1H3. The molecule has 1 aliphatic rings. The normalized spacial score (nSPS) is 14.1. The molecule has 0 fully saturated rings. The molecular weight excluding hydrogens is 216 g/mol. The molecule has 2 nitrogen and oxygen atoms in total. The Morgan fingerprint density at radius 3 is 2.94 bits per heavy atom. The molecule has 0 spiro atoms. The van der Waals surface area contributed by atoms with Crippen molar-refractivity contribution in [2.45, 2.75) is 19.3 Å². The Morgan fingerprint density at radius 2 is 2.06 bits per heavy atom. The fourth-order valence-corrected chi connectivity index (χ4v) is 3.48. The van der Waals surface area contributed by atoms with Gasteiger partial charge in [-0.2, -0.15) is 0 Å². The maximum atomic E-state index is 7.91. The van der Waals surface area contributed by atoms with Gasteiger partial charge in [-0.25, -0.2) is 0 Å². The summed E-state index contributed by atoms with van der Waals surface area (Å²) in [6.45, 7) is 0. The van der Waals surface area contributed by atoms with Crippen molar-refractivity contribution < 1.29 is 0 Å². The molecule has 0 saturated carbocycles. The number of fused-ring (bicyclic) bond motifs is 3. The van der Waals surface area contributed by atoms with E-state index in [0.717, 1.165) is 12.8 Å². The van der Waals surface area contributed by atoms with E-state index in [-0.39, 0.29) is 0 Å². The lowest BCUT2D eigenvalue weighted by molar-refractivity contribution is 0.838. The molecule has 0 saturated heterocycles. The molecule has 3 heteroatoms. The van der Waals surface area contributed by atoms with Gasteiger partial charge in [-0.15, -0.1) is 11.3 Å². The fraction of sp³-hybridized carbons (Fsp3) is 0.308. The number of benzene rings is 1. The first-order valence-electron chi connectivity index (χ1n) is 5.59. The SMILES string of the molecule is Cn1c2c(sc1=N)CCCc1ccccc1-2. The summed E-state index contributed by atoms with van der Waals surface area (Å²) in [6, 6.07) is 8.60. The largest absolute Gasteiger partial charge is 0.320 e. The van der Waals surface area contributed by atoms with Crippen LogP contribution in [0.1, 0.15) is 16.9 Å². The monoisotopic (exact) mass is 230 g/mol. The highest BCUT2D eigenvalue weighted by Crippen LogP contribution is 2.33. The summed E-state index contributed by atoms with van der Waals surface area (Å²) < 4.78 is 2.02. The summed E-state index contributed by atoms with van der Waals surface area (Å²) in [6.07, 6.45) is 3.47. The molecule has 0 amide bonds. The topological polar surface area (TPSA) is 28.8 Å². The highest BCUT2D eigenvalue weighted by Gasteiger charge is 2.18. The quantitative estimate of drug-likeness (QED) is 0.721. The molecule has 0 bridgehead atoms. The first-order valence-corrected chi connectivity index (χ1v) is 6.40. The van der Waals surface area contributed by atoms with Crippen molar-refractivity contribution in [2.75, 3.05) is 0 Å². The van der Waals surface area contributed by atoms with Crippen LogP contribution in [0.4, 0.5) is 0 Å². The fourth-order valence-electron chi connectivity index (χ4n) is 2.43. The Morgan fingerprint density at radius 1 is 1.25 bits per heavy atom. The molecule has 1 aromatic heterocycles. The van der Waals surface area contributed by atoms with E-state index in [2.05, 4.69) is 24.3 Å². The van der Waals surface area contributed by atoms with Gasteiger partial charge in [0.25, 0.3) is 0 Å². The van der Waals surface area contributed by atoms with E-state index in [4.69, 9.17) is 5.41 Å². The van der Waals surface area contributed by atoms with Crippen LogP contribution in [0.3, 0.4) is 0 Å². The van der Waals surface area contributed by atoms with Gasteiger partial charge in [-0.1, -0.05) is 24.3 Å². The van der Waals surface area contributed by atoms with Crippen molar-refractivity contribution in [3.05, 3.63) is 39.5 Å². The predicted octanol–water partition coefficient (Wildman–Crippen LogP) is 2.72. The Bertz CT molecular complexity index is 592. The number of nitrogens with one attached hydrogen (secondary N) is 1. The minimum absolute atomic E-state index is 0.654. The van der Waals surface area contributed by atoms with Crippen LogP contribution >= 0.6 is 11.3 Å². The van der Waals surface area contributed by atoms with Gasteiger partial charge in [-0.3, -0.25) is 5.41 Å². The molecule has 2 aromatic rings. The van der Waals surface area contributed by atoms with Crippen LogP contribution in [0.15, 0.2) is 24.3 Å². The van der Waals surface area contributed by atoms with Crippen LogP contribution in [0.2, 0.25) is 0 Å². The van der Waals surface area contributed by atoms with Gasteiger partial charge in [-0.05, 0) is 24.8 Å². The molecule has 0 radical (unpaired) electrons.